The maximum absolute atomic E-state index is 12.6. The highest BCUT2D eigenvalue weighted by Gasteiger charge is 2.23. The Bertz CT molecular complexity index is 1080. The lowest BCUT2D eigenvalue weighted by molar-refractivity contribution is 0.0594. The summed E-state index contributed by atoms with van der Waals surface area (Å²) < 4.78 is 6.01. The second kappa shape index (κ2) is 10.5. The van der Waals surface area contributed by atoms with Crippen molar-refractivity contribution in [2.75, 3.05) is 26.2 Å². The number of halogens is 2. The molecule has 1 aliphatic rings. The molecule has 2 heterocycles. The number of likely N-dealkylation sites (tertiary alicyclic amines) is 1. The molecule has 2 aromatic carbocycles. The van der Waals surface area contributed by atoms with Crippen LogP contribution in [0.4, 0.5) is 0 Å². The molecule has 4 rings (SSSR count). The number of para-hydroxylation sites is 1. The SMILES string of the molecule is O=C(NC[C@@H](O)CN1CCC(Oc2ccc(Cl)c(Cl)c2)CC1)c1ccnc2ccccc12. The minimum atomic E-state index is -0.653. The number of ether oxygens (including phenoxy) is 1. The molecular formula is C24H25Cl2N3O3. The third-order valence-corrected chi connectivity index (χ3v) is 6.33. The highest BCUT2D eigenvalue weighted by molar-refractivity contribution is 6.42. The van der Waals surface area contributed by atoms with E-state index >= 15 is 0 Å². The van der Waals surface area contributed by atoms with Crippen LogP contribution in [0.3, 0.4) is 0 Å². The van der Waals surface area contributed by atoms with Gasteiger partial charge in [0, 0.05) is 43.8 Å². The molecule has 0 unspecified atom stereocenters. The van der Waals surface area contributed by atoms with Crippen molar-refractivity contribution in [3.8, 4) is 5.75 Å². The van der Waals surface area contributed by atoms with E-state index in [2.05, 4.69) is 15.2 Å². The Labute approximate surface area is 197 Å². The molecule has 2 N–H and O–H groups in total. The van der Waals surface area contributed by atoms with E-state index in [9.17, 15) is 9.90 Å². The molecule has 1 amide bonds. The Kier molecular flexibility index (Phi) is 7.48. The van der Waals surface area contributed by atoms with Gasteiger partial charge in [-0.2, -0.15) is 0 Å². The number of aliphatic hydroxyl groups is 1. The van der Waals surface area contributed by atoms with Gasteiger partial charge >= 0.3 is 0 Å². The standard InChI is InChI=1S/C24H25Cl2N3O3/c25-21-6-5-18(13-22(21)26)32-17-8-11-29(12-9-17)15-16(30)14-28-24(31)20-7-10-27-23-4-2-1-3-19(20)23/h1-7,10,13,16-17,30H,8-9,11-12,14-15H2,(H,28,31)/t16-/m1/s1. The van der Waals surface area contributed by atoms with Crippen LogP contribution in [0, 0.1) is 0 Å². The summed E-state index contributed by atoms with van der Waals surface area (Å²) >= 11 is 12.0. The highest BCUT2D eigenvalue weighted by atomic mass is 35.5. The van der Waals surface area contributed by atoms with Crippen molar-refractivity contribution in [3.05, 3.63) is 70.3 Å². The summed E-state index contributed by atoms with van der Waals surface area (Å²) in [5.74, 6) is 0.501. The lowest BCUT2D eigenvalue weighted by Crippen LogP contribution is -2.45. The van der Waals surface area contributed by atoms with E-state index in [1.807, 2.05) is 30.3 Å². The fraction of sp³-hybridized carbons (Fsp3) is 0.333. The van der Waals surface area contributed by atoms with Crippen molar-refractivity contribution in [2.45, 2.75) is 25.0 Å². The van der Waals surface area contributed by atoms with E-state index in [1.54, 1.807) is 24.4 Å². The van der Waals surface area contributed by atoms with Gasteiger partial charge in [0.2, 0.25) is 0 Å². The summed E-state index contributed by atoms with van der Waals surface area (Å²) in [4.78, 5) is 19.1. The van der Waals surface area contributed by atoms with Crippen LogP contribution in [0.2, 0.25) is 10.0 Å². The minimum absolute atomic E-state index is 0.0975. The van der Waals surface area contributed by atoms with Gasteiger partial charge in [0.1, 0.15) is 11.9 Å². The Hall–Kier alpha value is -2.38. The van der Waals surface area contributed by atoms with Gasteiger partial charge in [-0.25, -0.2) is 0 Å². The molecule has 0 aliphatic carbocycles. The van der Waals surface area contributed by atoms with E-state index in [4.69, 9.17) is 27.9 Å². The van der Waals surface area contributed by atoms with Gasteiger partial charge in [-0.05, 0) is 37.1 Å². The molecule has 0 radical (unpaired) electrons. The van der Waals surface area contributed by atoms with E-state index in [0.29, 0.717) is 27.9 Å². The molecule has 168 valence electrons. The predicted octanol–water partition coefficient (Wildman–Crippen LogP) is 4.18. The van der Waals surface area contributed by atoms with E-state index in [-0.39, 0.29) is 18.6 Å². The molecule has 1 aliphatic heterocycles. The zero-order valence-electron chi connectivity index (χ0n) is 17.5. The van der Waals surface area contributed by atoms with Crippen LogP contribution in [0.15, 0.2) is 54.7 Å². The van der Waals surface area contributed by atoms with Crippen molar-refractivity contribution >= 4 is 40.0 Å². The lowest BCUT2D eigenvalue weighted by atomic mass is 10.1. The number of hydrogen-bond donors (Lipinski definition) is 2. The van der Waals surface area contributed by atoms with Gasteiger partial charge in [0.05, 0.1) is 27.2 Å². The van der Waals surface area contributed by atoms with E-state index in [0.717, 1.165) is 36.8 Å². The molecule has 3 aromatic rings. The number of rotatable bonds is 7. The average Bonchev–Trinajstić information content (AvgIpc) is 2.81. The number of carbonyl (C=O) groups is 1. The zero-order valence-corrected chi connectivity index (χ0v) is 19.0. The van der Waals surface area contributed by atoms with Crippen LogP contribution in [0.5, 0.6) is 5.75 Å². The summed E-state index contributed by atoms with van der Waals surface area (Å²) in [5.41, 5.74) is 1.33. The van der Waals surface area contributed by atoms with E-state index < -0.39 is 6.10 Å². The normalized spacial score (nSPS) is 16.1. The first-order chi connectivity index (χ1) is 15.5. The number of fused-ring (bicyclic) bond motifs is 1. The van der Waals surface area contributed by atoms with Gasteiger partial charge in [0.15, 0.2) is 0 Å². The smallest absolute Gasteiger partial charge is 0.252 e. The maximum atomic E-state index is 12.6. The fourth-order valence-corrected chi connectivity index (χ4v) is 4.20. The van der Waals surface area contributed by atoms with Crippen molar-refractivity contribution in [2.24, 2.45) is 0 Å². The summed E-state index contributed by atoms with van der Waals surface area (Å²) in [7, 11) is 0. The van der Waals surface area contributed by atoms with Crippen LogP contribution < -0.4 is 10.1 Å². The Morgan fingerprint density at radius 1 is 1.16 bits per heavy atom. The molecule has 8 heteroatoms. The minimum Gasteiger partial charge on any atom is -0.490 e. The maximum Gasteiger partial charge on any atom is 0.252 e. The first-order valence-corrected chi connectivity index (χ1v) is 11.4. The number of pyridine rings is 1. The molecule has 1 aromatic heterocycles. The number of nitrogens with one attached hydrogen (secondary N) is 1. The topological polar surface area (TPSA) is 74.7 Å². The molecule has 6 nitrogen and oxygen atoms in total. The monoisotopic (exact) mass is 473 g/mol. The molecule has 1 atom stereocenters. The third kappa shape index (κ3) is 5.70. The highest BCUT2D eigenvalue weighted by Crippen LogP contribution is 2.28. The van der Waals surface area contributed by atoms with Gasteiger partial charge in [-0.3, -0.25) is 9.78 Å². The number of carbonyl (C=O) groups excluding carboxylic acids is 1. The van der Waals surface area contributed by atoms with E-state index in [1.165, 1.54) is 0 Å². The first-order valence-electron chi connectivity index (χ1n) is 10.6. The van der Waals surface area contributed by atoms with Gasteiger partial charge in [-0.15, -0.1) is 0 Å². The van der Waals surface area contributed by atoms with Crippen molar-refractivity contribution < 1.29 is 14.6 Å². The lowest BCUT2D eigenvalue weighted by Gasteiger charge is -2.33. The summed E-state index contributed by atoms with van der Waals surface area (Å²) in [6, 6.07) is 14.5. The van der Waals surface area contributed by atoms with Gasteiger partial charge in [-0.1, -0.05) is 41.4 Å². The Morgan fingerprint density at radius 2 is 1.94 bits per heavy atom. The first kappa shape index (κ1) is 22.8. The Balaban J connectivity index is 1.22. The zero-order chi connectivity index (χ0) is 22.5. The van der Waals surface area contributed by atoms with Crippen LogP contribution in [0.1, 0.15) is 23.2 Å². The predicted molar refractivity (Wildman–Crippen MR) is 127 cm³/mol. The van der Waals surface area contributed by atoms with Crippen LogP contribution in [0.25, 0.3) is 10.9 Å². The number of hydrogen-bond acceptors (Lipinski definition) is 5. The number of aromatic nitrogens is 1. The second-order valence-electron chi connectivity index (χ2n) is 7.93. The molecule has 1 fully saturated rings. The molecule has 0 saturated carbocycles. The third-order valence-electron chi connectivity index (χ3n) is 5.59. The second-order valence-corrected chi connectivity index (χ2v) is 8.75. The molecule has 0 bridgehead atoms. The quantitative estimate of drug-likeness (QED) is 0.538. The fourth-order valence-electron chi connectivity index (χ4n) is 3.91. The average molecular weight is 474 g/mol. The Morgan fingerprint density at radius 3 is 2.72 bits per heavy atom. The largest absolute Gasteiger partial charge is 0.490 e. The van der Waals surface area contributed by atoms with Crippen LogP contribution >= 0.6 is 23.2 Å². The van der Waals surface area contributed by atoms with Crippen molar-refractivity contribution in [1.82, 2.24) is 15.2 Å². The van der Waals surface area contributed by atoms with Crippen LogP contribution in [-0.4, -0.2) is 59.3 Å². The summed E-state index contributed by atoms with van der Waals surface area (Å²) in [5, 5.41) is 15.1. The number of β-amino-alcohol motifs (C(OH)–C–C–N with tert-alkyl or cyclic N) is 1. The molecule has 32 heavy (non-hydrogen) atoms. The molecular weight excluding hydrogens is 449 g/mol. The number of amides is 1. The van der Waals surface area contributed by atoms with Crippen molar-refractivity contribution in [3.63, 3.8) is 0 Å². The molecule has 1 saturated heterocycles. The molecule has 0 spiro atoms. The number of benzene rings is 2. The number of nitrogens with zero attached hydrogens (tertiary/aromatic N) is 2. The van der Waals surface area contributed by atoms with Crippen molar-refractivity contribution in [1.29, 1.82) is 0 Å². The number of piperidine rings is 1. The van der Waals surface area contributed by atoms with Gasteiger partial charge < -0.3 is 20.1 Å². The van der Waals surface area contributed by atoms with Crippen LogP contribution in [-0.2, 0) is 0 Å². The van der Waals surface area contributed by atoms with Gasteiger partial charge in [0.25, 0.3) is 5.91 Å². The number of aliphatic hydroxyl groups excluding tert-OH is 1. The summed E-state index contributed by atoms with van der Waals surface area (Å²) in [6.45, 7) is 2.31. The summed E-state index contributed by atoms with van der Waals surface area (Å²) in [6.07, 6.45) is 2.77.